The highest BCUT2D eigenvalue weighted by molar-refractivity contribution is 7.91. The number of para-hydroxylation sites is 1. The number of pyridine rings is 1. The van der Waals surface area contributed by atoms with Crippen LogP contribution < -0.4 is 10.6 Å². The van der Waals surface area contributed by atoms with Crippen molar-refractivity contribution in [3.63, 3.8) is 0 Å². The lowest BCUT2D eigenvalue weighted by atomic mass is 10.1. The highest BCUT2D eigenvalue weighted by Gasteiger charge is 2.29. The average Bonchev–Trinajstić information content (AvgIpc) is 3.00. The maximum atomic E-state index is 12.4. The zero-order chi connectivity index (χ0) is 19.4. The molecule has 1 aromatic carbocycles. The number of nitrogens with zero attached hydrogens (tertiary/aromatic N) is 2. The largest absolute Gasteiger partial charge is 0.348 e. The standard InChI is InChI=1S/C18H16N4O4S/c19-8-12-3-1-2-4-16(12)22-18(24)14-7-13(9-20-10-14)17(23)21-15-5-6-27(25,26)11-15/h1-4,7,9-10,15H,5-6,11H2,(H,21,23)(H,22,24). The fourth-order valence-corrected chi connectivity index (χ4v) is 4.42. The van der Waals surface area contributed by atoms with Gasteiger partial charge in [-0.25, -0.2) is 8.42 Å². The molecule has 2 heterocycles. The number of sulfone groups is 1. The molecule has 1 atom stereocenters. The van der Waals surface area contributed by atoms with E-state index in [4.69, 9.17) is 5.26 Å². The quantitative estimate of drug-likeness (QED) is 0.813. The molecule has 3 rings (SSSR count). The van der Waals surface area contributed by atoms with Gasteiger partial charge >= 0.3 is 0 Å². The molecule has 1 aliphatic rings. The number of rotatable bonds is 4. The minimum atomic E-state index is -3.11. The molecular weight excluding hydrogens is 368 g/mol. The third-order valence-corrected chi connectivity index (χ3v) is 5.89. The molecule has 0 radical (unpaired) electrons. The van der Waals surface area contributed by atoms with Crippen LogP contribution in [0.15, 0.2) is 42.7 Å². The van der Waals surface area contributed by atoms with Crippen LogP contribution in [0.3, 0.4) is 0 Å². The molecule has 0 bridgehead atoms. The van der Waals surface area contributed by atoms with E-state index in [1.54, 1.807) is 24.3 Å². The van der Waals surface area contributed by atoms with Crippen LogP contribution in [-0.2, 0) is 9.84 Å². The van der Waals surface area contributed by atoms with E-state index < -0.39 is 27.7 Å². The SMILES string of the molecule is N#Cc1ccccc1NC(=O)c1cncc(C(=O)NC2CCS(=O)(=O)C2)c1. The first kappa shape index (κ1) is 18.5. The summed E-state index contributed by atoms with van der Waals surface area (Å²) in [5.41, 5.74) is 0.973. The Labute approximate surface area is 156 Å². The van der Waals surface area contributed by atoms with E-state index in [1.807, 2.05) is 6.07 Å². The fourth-order valence-electron chi connectivity index (χ4n) is 2.75. The summed E-state index contributed by atoms with van der Waals surface area (Å²) in [5, 5.41) is 14.3. The van der Waals surface area contributed by atoms with Gasteiger partial charge < -0.3 is 10.6 Å². The van der Waals surface area contributed by atoms with Crippen LogP contribution in [0.4, 0.5) is 5.69 Å². The van der Waals surface area contributed by atoms with Gasteiger partial charge in [0.1, 0.15) is 6.07 Å². The predicted molar refractivity (Wildman–Crippen MR) is 97.9 cm³/mol. The number of benzene rings is 1. The molecule has 2 amide bonds. The number of aromatic nitrogens is 1. The zero-order valence-corrected chi connectivity index (χ0v) is 15.0. The summed E-state index contributed by atoms with van der Waals surface area (Å²) in [4.78, 5) is 28.6. The Bertz CT molecular complexity index is 1040. The second kappa shape index (κ2) is 7.55. The molecule has 1 fully saturated rings. The molecule has 27 heavy (non-hydrogen) atoms. The highest BCUT2D eigenvalue weighted by Crippen LogP contribution is 2.16. The van der Waals surface area contributed by atoms with E-state index in [0.717, 1.165) is 0 Å². The Kier molecular flexibility index (Phi) is 5.19. The van der Waals surface area contributed by atoms with Crippen LogP contribution in [0.1, 0.15) is 32.7 Å². The van der Waals surface area contributed by atoms with Gasteiger partial charge in [0.15, 0.2) is 9.84 Å². The molecule has 138 valence electrons. The van der Waals surface area contributed by atoms with Crippen molar-refractivity contribution in [2.45, 2.75) is 12.5 Å². The van der Waals surface area contributed by atoms with Crippen molar-refractivity contribution in [2.24, 2.45) is 0 Å². The molecule has 1 aromatic heterocycles. The van der Waals surface area contributed by atoms with Gasteiger partial charge in [0.25, 0.3) is 11.8 Å². The Morgan fingerprint density at radius 3 is 2.52 bits per heavy atom. The number of hydrogen-bond acceptors (Lipinski definition) is 6. The summed E-state index contributed by atoms with van der Waals surface area (Å²) in [6, 6.07) is 9.46. The van der Waals surface area contributed by atoms with Gasteiger partial charge in [-0.2, -0.15) is 5.26 Å². The number of hydrogen-bond donors (Lipinski definition) is 2. The Hall–Kier alpha value is -3.25. The average molecular weight is 384 g/mol. The number of nitriles is 1. The van der Waals surface area contributed by atoms with Crippen molar-refractivity contribution in [3.8, 4) is 6.07 Å². The van der Waals surface area contributed by atoms with Crippen molar-refractivity contribution < 1.29 is 18.0 Å². The van der Waals surface area contributed by atoms with Gasteiger partial charge in [-0.15, -0.1) is 0 Å². The molecule has 9 heteroatoms. The van der Waals surface area contributed by atoms with Crippen LogP contribution in [-0.4, -0.2) is 42.8 Å². The number of carbonyl (C=O) groups excluding carboxylic acids is 2. The van der Waals surface area contributed by atoms with Gasteiger partial charge in [-0.05, 0) is 24.6 Å². The van der Waals surface area contributed by atoms with Crippen molar-refractivity contribution in [1.82, 2.24) is 10.3 Å². The topological polar surface area (TPSA) is 129 Å². The Balaban J connectivity index is 1.72. The van der Waals surface area contributed by atoms with Crippen molar-refractivity contribution in [3.05, 3.63) is 59.4 Å². The molecule has 0 saturated carbocycles. The number of amides is 2. The molecule has 2 N–H and O–H groups in total. The third kappa shape index (κ3) is 4.48. The summed E-state index contributed by atoms with van der Waals surface area (Å²) < 4.78 is 23.0. The number of carbonyl (C=O) groups is 2. The van der Waals surface area contributed by atoms with Crippen LogP contribution in [0.2, 0.25) is 0 Å². The molecular formula is C18H16N4O4S. The van der Waals surface area contributed by atoms with Crippen molar-refractivity contribution >= 4 is 27.3 Å². The first-order valence-corrected chi connectivity index (χ1v) is 9.97. The molecule has 2 aromatic rings. The third-order valence-electron chi connectivity index (χ3n) is 4.13. The Morgan fingerprint density at radius 1 is 1.15 bits per heavy atom. The lowest BCUT2D eigenvalue weighted by Crippen LogP contribution is -2.35. The monoisotopic (exact) mass is 384 g/mol. The lowest BCUT2D eigenvalue weighted by molar-refractivity contribution is 0.0940. The lowest BCUT2D eigenvalue weighted by Gasteiger charge is -2.11. The maximum Gasteiger partial charge on any atom is 0.257 e. The van der Waals surface area contributed by atoms with E-state index in [0.29, 0.717) is 17.7 Å². The van der Waals surface area contributed by atoms with E-state index in [-0.39, 0.29) is 22.6 Å². The molecule has 0 aliphatic carbocycles. The number of anilines is 1. The zero-order valence-electron chi connectivity index (χ0n) is 14.2. The summed E-state index contributed by atoms with van der Waals surface area (Å²) in [7, 11) is -3.11. The van der Waals surface area contributed by atoms with Gasteiger partial charge in [0.2, 0.25) is 0 Å². The first-order valence-electron chi connectivity index (χ1n) is 8.15. The minimum absolute atomic E-state index is 0.0525. The van der Waals surface area contributed by atoms with Crippen LogP contribution in [0, 0.1) is 11.3 Å². The molecule has 8 nitrogen and oxygen atoms in total. The number of nitrogens with one attached hydrogen (secondary N) is 2. The van der Waals surface area contributed by atoms with Crippen LogP contribution >= 0.6 is 0 Å². The van der Waals surface area contributed by atoms with E-state index in [2.05, 4.69) is 15.6 Å². The summed E-state index contributed by atoms with van der Waals surface area (Å²) >= 11 is 0. The first-order chi connectivity index (χ1) is 12.9. The van der Waals surface area contributed by atoms with Gasteiger partial charge in [-0.1, -0.05) is 12.1 Å². The summed E-state index contributed by atoms with van der Waals surface area (Å²) in [5.74, 6) is -1.03. The fraction of sp³-hybridized carbons (Fsp3) is 0.222. The van der Waals surface area contributed by atoms with Gasteiger partial charge in [0, 0.05) is 18.4 Å². The molecule has 0 spiro atoms. The Morgan fingerprint density at radius 2 is 1.85 bits per heavy atom. The van der Waals surface area contributed by atoms with Crippen molar-refractivity contribution in [1.29, 1.82) is 5.26 Å². The molecule has 1 saturated heterocycles. The van der Waals surface area contributed by atoms with E-state index >= 15 is 0 Å². The van der Waals surface area contributed by atoms with Crippen LogP contribution in [0.5, 0.6) is 0 Å². The summed E-state index contributed by atoms with van der Waals surface area (Å²) in [6.07, 6.45) is 2.98. The van der Waals surface area contributed by atoms with E-state index in [9.17, 15) is 18.0 Å². The second-order valence-electron chi connectivity index (χ2n) is 6.15. The van der Waals surface area contributed by atoms with E-state index in [1.165, 1.54) is 18.5 Å². The normalized spacial score (nSPS) is 17.7. The smallest absolute Gasteiger partial charge is 0.257 e. The van der Waals surface area contributed by atoms with Crippen LogP contribution in [0.25, 0.3) is 0 Å². The predicted octanol–water partition coefficient (Wildman–Crippen LogP) is 1.12. The van der Waals surface area contributed by atoms with Gasteiger partial charge in [-0.3, -0.25) is 14.6 Å². The van der Waals surface area contributed by atoms with Crippen molar-refractivity contribution in [2.75, 3.05) is 16.8 Å². The maximum absolute atomic E-state index is 12.4. The summed E-state index contributed by atoms with van der Waals surface area (Å²) in [6.45, 7) is 0. The molecule has 1 aliphatic heterocycles. The minimum Gasteiger partial charge on any atom is -0.348 e. The molecule has 1 unspecified atom stereocenters. The highest BCUT2D eigenvalue weighted by atomic mass is 32.2. The second-order valence-corrected chi connectivity index (χ2v) is 8.38. The van der Waals surface area contributed by atoms with Gasteiger partial charge in [0.05, 0.1) is 33.9 Å².